The fourth-order valence-electron chi connectivity index (χ4n) is 5.72. The van der Waals surface area contributed by atoms with Crippen molar-refractivity contribution in [3.63, 3.8) is 0 Å². The van der Waals surface area contributed by atoms with Crippen molar-refractivity contribution < 1.29 is 81.7 Å². The van der Waals surface area contributed by atoms with Gasteiger partial charge in [0.25, 0.3) is 0 Å². The third kappa shape index (κ3) is 6.05. The monoisotopic (exact) mass is 598 g/mol. The molecule has 0 fully saturated rings. The SMILES string of the molecule is Cc1[c-]c(C)c(Nc2ccc(Nc3c(C)cc(C)c(S(=O)(=O)[O-])c3C)c3c2C(=O)c2ccccc2C3=O)c(C)c1.[Na+].[Na+]. The van der Waals surface area contributed by atoms with E-state index in [1.807, 2.05) is 26.8 Å². The van der Waals surface area contributed by atoms with Gasteiger partial charge in [-0.3, -0.25) is 9.59 Å². The van der Waals surface area contributed by atoms with Crippen LogP contribution in [0.3, 0.4) is 0 Å². The van der Waals surface area contributed by atoms with Crippen molar-refractivity contribution in [2.45, 2.75) is 46.4 Å². The number of hydrogen-bond donors (Lipinski definition) is 2. The Morgan fingerprint density at radius 1 is 0.690 bits per heavy atom. The molecule has 4 aromatic rings. The predicted molar refractivity (Wildman–Crippen MR) is 154 cm³/mol. The third-order valence-corrected chi connectivity index (χ3v) is 8.46. The molecule has 10 heteroatoms. The fraction of sp³-hybridized carbons (Fsp3) is 0.188. The predicted octanol–water partition coefficient (Wildman–Crippen LogP) is 0.512. The van der Waals surface area contributed by atoms with E-state index < -0.39 is 10.1 Å². The average Bonchev–Trinajstić information content (AvgIpc) is 2.86. The summed E-state index contributed by atoms with van der Waals surface area (Å²) in [5.74, 6) is -0.637. The van der Waals surface area contributed by atoms with Crippen LogP contribution in [0.1, 0.15) is 65.2 Å². The zero-order valence-corrected chi connectivity index (χ0v) is 29.9. The number of carbonyl (C=O) groups is 2. The van der Waals surface area contributed by atoms with Crippen LogP contribution >= 0.6 is 0 Å². The standard InChI is InChI=1S/C32H29N2O5S.2Na/c1-16-13-17(2)28(18(3)14-16)33-24-11-12-25(27-26(24)30(35)22-9-7-8-10-23(22)31(27)36)34-29-19(4)15-20(5)32(21(29)6)40(37,38)39;;/h7-13,15,33-34H,1-6H3,(H,37,38,39);;/q-1;2*+1/p-1. The normalized spacial score (nSPS) is 12.1. The van der Waals surface area contributed by atoms with Crippen molar-refractivity contribution in [3.8, 4) is 0 Å². The van der Waals surface area contributed by atoms with Gasteiger partial charge in [0, 0.05) is 22.5 Å². The van der Waals surface area contributed by atoms with Crippen LogP contribution in [0.25, 0.3) is 0 Å². The van der Waals surface area contributed by atoms with Crippen molar-refractivity contribution in [2.75, 3.05) is 10.6 Å². The van der Waals surface area contributed by atoms with Gasteiger partial charge in [-0.05, 0) is 49.6 Å². The smallest absolute Gasteiger partial charge is 0.744 e. The number of fused-ring (bicyclic) bond motifs is 2. The molecule has 0 heterocycles. The van der Waals surface area contributed by atoms with Crippen molar-refractivity contribution in [3.05, 3.63) is 110 Å². The fourth-order valence-corrected chi connectivity index (χ4v) is 6.65. The maximum atomic E-state index is 13.9. The largest absolute Gasteiger partial charge is 1.00 e. The zero-order chi connectivity index (χ0) is 29.1. The molecule has 5 rings (SSSR count). The van der Waals surface area contributed by atoms with Gasteiger partial charge in [-0.2, -0.15) is 17.7 Å². The Bertz CT molecular complexity index is 1860. The topological polar surface area (TPSA) is 115 Å². The number of aryl methyl sites for hydroxylation is 5. The Kier molecular flexibility index (Phi) is 10.4. The number of rotatable bonds is 5. The molecule has 0 spiro atoms. The first-order valence-electron chi connectivity index (χ1n) is 12.8. The molecule has 0 aliphatic heterocycles. The van der Waals surface area contributed by atoms with Crippen LogP contribution in [0, 0.1) is 47.6 Å². The van der Waals surface area contributed by atoms with Crippen molar-refractivity contribution in [1.29, 1.82) is 0 Å². The minimum atomic E-state index is -4.75. The first-order valence-corrected chi connectivity index (χ1v) is 14.2. The molecule has 0 saturated heterocycles. The summed E-state index contributed by atoms with van der Waals surface area (Å²) in [6.07, 6.45) is 0. The van der Waals surface area contributed by atoms with Crippen LogP contribution in [0.4, 0.5) is 22.7 Å². The summed E-state index contributed by atoms with van der Waals surface area (Å²) in [7, 11) is -4.75. The van der Waals surface area contributed by atoms with Crippen LogP contribution in [0.15, 0.2) is 53.4 Å². The third-order valence-electron chi connectivity index (χ3n) is 7.33. The average molecular weight is 599 g/mol. The maximum Gasteiger partial charge on any atom is 1.00 e. The summed E-state index contributed by atoms with van der Waals surface area (Å²) >= 11 is 0. The van der Waals surface area contributed by atoms with Gasteiger partial charge in [0.05, 0.1) is 21.7 Å². The Balaban J connectivity index is 0.00000242. The first-order chi connectivity index (χ1) is 18.8. The summed E-state index contributed by atoms with van der Waals surface area (Å²) in [5.41, 5.74) is 7.10. The van der Waals surface area contributed by atoms with E-state index in [2.05, 4.69) is 16.7 Å². The van der Waals surface area contributed by atoms with Gasteiger partial charge < -0.3 is 15.2 Å². The molecular formula is C32H28N2Na2O5S. The van der Waals surface area contributed by atoms with Crippen LogP contribution in [0.5, 0.6) is 0 Å². The second-order valence-electron chi connectivity index (χ2n) is 10.3. The molecule has 0 amide bonds. The summed E-state index contributed by atoms with van der Waals surface area (Å²) in [6, 6.07) is 17.0. The van der Waals surface area contributed by atoms with Crippen molar-refractivity contribution in [1.82, 2.24) is 0 Å². The molecule has 0 aromatic heterocycles. The Hall–Kier alpha value is -2.27. The van der Waals surface area contributed by atoms with E-state index in [-0.39, 0.29) is 97.8 Å². The minimum absolute atomic E-state index is 0. The summed E-state index contributed by atoms with van der Waals surface area (Å²) in [4.78, 5) is 27.5. The molecule has 7 nitrogen and oxygen atoms in total. The van der Waals surface area contributed by atoms with Gasteiger partial charge in [0.15, 0.2) is 11.6 Å². The van der Waals surface area contributed by atoms with E-state index in [0.717, 1.165) is 22.4 Å². The second-order valence-corrected chi connectivity index (χ2v) is 11.6. The quantitative estimate of drug-likeness (QED) is 0.172. The molecule has 0 bridgehead atoms. The molecule has 42 heavy (non-hydrogen) atoms. The van der Waals surface area contributed by atoms with E-state index >= 15 is 0 Å². The van der Waals surface area contributed by atoms with Crippen LogP contribution in [0.2, 0.25) is 0 Å². The summed E-state index contributed by atoms with van der Waals surface area (Å²) in [5, 5.41) is 6.58. The molecular weight excluding hydrogens is 570 g/mol. The molecule has 0 radical (unpaired) electrons. The number of nitrogens with one attached hydrogen (secondary N) is 2. The number of anilines is 4. The van der Waals surface area contributed by atoms with Crippen molar-refractivity contribution in [2.24, 2.45) is 0 Å². The van der Waals surface area contributed by atoms with E-state index in [4.69, 9.17) is 0 Å². The van der Waals surface area contributed by atoms with E-state index in [1.165, 1.54) is 0 Å². The maximum absolute atomic E-state index is 13.9. The van der Waals surface area contributed by atoms with Gasteiger partial charge in [-0.25, -0.2) is 8.42 Å². The molecule has 0 atom stereocenters. The number of benzene rings is 4. The minimum Gasteiger partial charge on any atom is -0.744 e. The number of carbonyl (C=O) groups excluding carboxylic acids is 2. The molecule has 4 aromatic carbocycles. The molecule has 204 valence electrons. The molecule has 1 aliphatic carbocycles. The Labute approximate surface area is 290 Å². The summed E-state index contributed by atoms with van der Waals surface area (Å²) in [6.45, 7) is 10.8. The van der Waals surface area contributed by atoms with E-state index in [9.17, 15) is 22.6 Å². The first kappa shape index (κ1) is 34.2. The molecule has 2 N–H and O–H groups in total. The Morgan fingerprint density at radius 2 is 1.17 bits per heavy atom. The van der Waals surface area contributed by atoms with E-state index in [0.29, 0.717) is 33.8 Å². The van der Waals surface area contributed by atoms with Gasteiger partial charge >= 0.3 is 59.1 Å². The van der Waals surface area contributed by atoms with E-state index in [1.54, 1.807) is 63.2 Å². The van der Waals surface area contributed by atoms with Crippen LogP contribution in [-0.4, -0.2) is 24.5 Å². The molecule has 0 saturated carbocycles. The zero-order valence-electron chi connectivity index (χ0n) is 25.1. The van der Waals surface area contributed by atoms with Crippen LogP contribution < -0.4 is 69.7 Å². The van der Waals surface area contributed by atoms with Gasteiger partial charge in [0.1, 0.15) is 10.1 Å². The molecule has 0 unspecified atom stereocenters. The number of ketones is 2. The van der Waals surface area contributed by atoms with Gasteiger partial charge in [-0.1, -0.05) is 56.8 Å². The number of hydrogen-bond acceptors (Lipinski definition) is 7. The molecule has 1 aliphatic rings. The second kappa shape index (κ2) is 12.8. The van der Waals surface area contributed by atoms with Crippen LogP contribution in [-0.2, 0) is 10.1 Å². The van der Waals surface area contributed by atoms with Crippen molar-refractivity contribution >= 4 is 44.4 Å². The van der Waals surface area contributed by atoms with Gasteiger partial charge in [-0.15, -0.1) is 11.1 Å². The Morgan fingerprint density at radius 3 is 1.64 bits per heavy atom. The van der Waals surface area contributed by atoms with Gasteiger partial charge in [0.2, 0.25) is 0 Å². The summed E-state index contributed by atoms with van der Waals surface area (Å²) < 4.78 is 36.2.